The molecule has 444 valence electrons. The maximum Gasteiger partial charge on any atom is 0.373 e. The van der Waals surface area contributed by atoms with Gasteiger partial charge in [0, 0.05) is 40.3 Å². The largest absolute Gasteiger partial charge is 0.453 e. The van der Waals surface area contributed by atoms with E-state index in [1.165, 1.54) is 14.0 Å². The van der Waals surface area contributed by atoms with Gasteiger partial charge in [0.05, 0.1) is 72.5 Å². The molecule has 26 heteroatoms. The fourth-order valence-electron chi connectivity index (χ4n) is 12.1. The minimum absolute atomic E-state index is 0.0741. The van der Waals surface area contributed by atoms with Crippen molar-refractivity contribution in [3.63, 3.8) is 0 Å². The summed E-state index contributed by atoms with van der Waals surface area (Å²) >= 11 is 0. The Kier molecular flexibility index (Phi) is 24.5. The summed E-state index contributed by atoms with van der Waals surface area (Å²) in [4.78, 5) is 53.3. The predicted octanol–water partition coefficient (Wildman–Crippen LogP) is 9.04. The summed E-state index contributed by atoms with van der Waals surface area (Å²) in [6.45, 7) is 21.2. The van der Waals surface area contributed by atoms with E-state index in [4.69, 9.17) is 71.2 Å². The lowest BCUT2D eigenvalue weighted by Crippen LogP contribution is -2.64. The van der Waals surface area contributed by atoms with Crippen LogP contribution in [0.3, 0.4) is 0 Å². The number of methoxy groups -OCH3 is 1. The van der Waals surface area contributed by atoms with E-state index in [0.717, 1.165) is 12.8 Å². The molecule has 0 aromatic heterocycles. The molecule has 0 bridgehead atoms. The van der Waals surface area contributed by atoms with Gasteiger partial charge in [0.1, 0.15) is 12.2 Å². The summed E-state index contributed by atoms with van der Waals surface area (Å²) in [5, 5.41) is 12.4. The van der Waals surface area contributed by atoms with E-state index in [2.05, 4.69) is 37.0 Å². The van der Waals surface area contributed by atoms with E-state index in [1.54, 1.807) is 30.3 Å². The van der Waals surface area contributed by atoms with E-state index in [9.17, 15) is 26.2 Å². The highest BCUT2D eigenvalue weighted by atomic mass is 16.8. The average Bonchev–Trinajstić information content (AvgIpc) is 3.53. The second-order valence-corrected chi connectivity index (χ2v) is 21.7. The Morgan fingerprint density at radius 2 is 1.06 bits per heavy atom. The zero-order valence-electron chi connectivity index (χ0n) is 47.8. The Labute approximate surface area is 466 Å². The molecule has 0 aliphatic carbocycles. The van der Waals surface area contributed by atoms with Crippen LogP contribution in [-0.2, 0) is 76.0 Å². The number of esters is 1. The van der Waals surface area contributed by atoms with Crippen LogP contribution in [0.4, 0.5) is 0 Å². The Bertz CT molecular complexity index is 2340. The summed E-state index contributed by atoms with van der Waals surface area (Å²) in [6.07, 6.45) is -9.93. The smallest absolute Gasteiger partial charge is 0.373 e. The first-order valence-electron chi connectivity index (χ1n) is 28.0. The molecular weight excluding hydrogens is 1050 g/mol. The number of benzene rings is 1. The van der Waals surface area contributed by atoms with Crippen molar-refractivity contribution in [2.45, 2.75) is 238 Å². The van der Waals surface area contributed by atoms with E-state index in [0.29, 0.717) is 37.9 Å². The standard InChI is InChI=1S/C53H81N9O15.CO2/c1-13-34-25(4)26(5)38(57-60-54)50(68-34)76-44-30(9)45(71-37-23-19-20-24-66-37)53(77-47(44)31(10)63)75-43-28(7)40(59-62-56)51(70-36(43)15-3)73-41-29(8)46(72-48(64)33-21-17-16-18-22-33)52(67-32(41)11)74-42-27(6)39(58-61-55)49(65-12)69-35(42)14-2;2-1-3/h16-18,21-22,25-30,32,34-47,49-53H,13-15,19-20,23-24H2,1-12H3;/t25-,26-,27+,28+,29-,30-,32?,34-,35?,36?,37?,38?,39?,40?,41-,42-,43-,44-,45?,46?,47-,49-,50+,51+,52+,53+;/m0./s1. The maximum atomic E-state index is 13.9. The highest BCUT2D eigenvalue weighted by Crippen LogP contribution is 2.44. The minimum Gasteiger partial charge on any atom is -0.453 e. The van der Waals surface area contributed by atoms with Crippen LogP contribution >= 0.6 is 0 Å². The molecule has 6 aliphatic heterocycles. The van der Waals surface area contributed by atoms with Crippen LogP contribution in [0.15, 0.2) is 45.7 Å². The minimum atomic E-state index is -1.17. The van der Waals surface area contributed by atoms with Crippen molar-refractivity contribution in [3.05, 3.63) is 67.2 Å². The highest BCUT2D eigenvalue weighted by Gasteiger charge is 2.56. The van der Waals surface area contributed by atoms with E-state index < -0.39 is 147 Å². The number of Topliss-reactive ketones (excluding diaryl/α,β-unsaturated/α-hetero) is 1. The summed E-state index contributed by atoms with van der Waals surface area (Å²) < 4.78 is 85.1. The number of ketones is 1. The fourth-order valence-corrected chi connectivity index (χ4v) is 12.1. The molecule has 1 aromatic carbocycles. The van der Waals surface area contributed by atoms with Crippen molar-refractivity contribution in [1.29, 1.82) is 0 Å². The van der Waals surface area contributed by atoms with Crippen LogP contribution in [0, 0.1) is 35.5 Å². The van der Waals surface area contributed by atoms with Crippen molar-refractivity contribution in [2.75, 3.05) is 13.7 Å². The number of rotatable bonds is 20. The van der Waals surface area contributed by atoms with Gasteiger partial charge in [0.15, 0.2) is 49.6 Å². The molecule has 6 heterocycles. The summed E-state index contributed by atoms with van der Waals surface area (Å²) in [5.74, 6) is -3.14. The highest BCUT2D eigenvalue weighted by molar-refractivity contribution is 5.89. The molecule has 6 fully saturated rings. The molecule has 9 unspecified atom stereocenters. The van der Waals surface area contributed by atoms with Crippen LogP contribution in [0.5, 0.6) is 0 Å². The Morgan fingerprint density at radius 3 is 1.57 bits per heavy atom. The number of ether oxygens (including phenoxy) is 13. The second kappa shape index (κ2) is 30.5. The molecule has 6 saturated heterocycles. The lowest BCUT2D eigenvalue weighted by Gasteiger charge is -2.52. The normalized spacial score (nSPS) is 41.9. The van der Waals surface area contributed by atoms with E-state index in [1.807, 2.05) is 62.3 Å². The maximum absolute atomic E-state index is 13.9. The quantitative estimate of drug-likeness (QED) is 0.0508. The van der Waals surface area contributed by atoms with Crippen LogP contribution in [0.1, 0.15) is 125 Å². The molecule has 7 rings (SSSR count). The van der Waals surface area contributed by atoms with Crippen molar-refractivity contribution in [3.8, 4) is 0 Å². The SMILES string of the molecule is CCC1O[C@H](O[C@@H]2C(C)O[C@H](O[C@@H]3C(CC)O[C@H](OC)C(N=[N+]=[N-])[C@H]3C)C(OC(=O)c3ccccc3)[C@H]2C)C(N=[N+]=[N-])[C@@H](C)[C@@H]1O[C@@H]1O[C@@H](C(C)=O)[C@@H](O[C@H]2O[C@@H](CC)[C@@H](C)[C@H](C)C2N=[N+]=[N-])[C@H](C)C1OC1CCCCO1.O=C=O. The predicted molar refractivity (Wildman–Crippen MR) is 280 cm³/mol. The third kappa shape index (κ3) is 14.9. The van der Waals surface area contributed by atoms with Gasteiger partial charge in [0.25, 0.3) is 0 Å². The number of carbonyl (C=O) groups excluding carboxylic acids is 4. The monoisotopic (exact) mass is 1130 g/mol. The van der Waals surface area contributed by atoms with Gasteiger partial charge in [-0.3, -0.25) is 4.79 Å². The van der Waals surface area contributed by atoms with Gasteiger partial charge in [-0.15, -0.1) is 0 Å². The van der Waals surface area contributed by atoms with Crippen molar-refractivity contribution in [2.24, 2.45) is 50.9 Å². The summed E-state index contributed by atoms with van der Waals surface area (Å²) in [5.41, 5.74) is 29.6. The van der Waals surface area contributed by atoms with E-state index in [-0.39, 0.29) is 29.9 Å². The molecule has 0 amide bonds. The number of hydrogen-bond donors (Lipinski definition) is 0. The zero-order chi connectivity index (χ0) is 58.4. The van der Waals surface area contributed by atoms with Crippen molar-refractivity contribution < 1.29 is 80.8 Å². The Morgan fingerprint density at radius 1 is 0.575 bits per heavy atom. The van der Waals surface area contributed by atoms with Gasteiger partial charge < -0.3 is 61.6 Å². The van der Waals surface area contributed by atoms with Gasteiger partial charge in [-0.1, -0.05) is 95.9 Å². The lowest BCUT2D eigenvalue weighted by molar-refractivity contribution is -0.370. The molecular formula is C54H81N9O17. The number of hydrogen-bond acceptors (Lipinski definition) is 20. The molecule has 26 nitrogen and oxygen atoms in total. The van der Waals surface area contributed by atoms with Crippen LogP contribution in [0.25, 0.3) is 31.3 Å². The molecule has 0 N–H and O–H groups in total. The summed E-state index contributed by atoms with van der Waals surface area (Å²) in [6, 6.07) is 6.16. The molecule has 0 radical (unpaired) electrons. The van der Waals surface area contributed by atoms with Gasteiger partial charge in [0.2, 0.25) is 0 Å². The van der Waals surface area contributed by atoms with Crippen LogP contribution < -0.4 is 0 Å². The lowest BCUT2D eigenvalue weighted by atomic mass is 9.81. The first-order valence-corrected chi connectivity index (χ1v) is 28.0. The van der Waals surface area contributed by atoms with Crippen molar-refractivity contribution in [1.82, 2.24) is 0 Å². The first kappa shape index (κ1) is 64.4. The third-order valence-electron chi connectivity index (χ3n) is 16.8. The molecule has 0 spiro atoms. The Balaban J connectivity index is 0.00000336. The third-order valence-corrected chi connectivity index (χ3v) is 16.8. The average molecular weight is 1130 g/mol. The number of carbonyl (C=O) groups is 2. The van der Waals surface area contributed by atoms with Gasteiger partial charge >= 0.3 is 12.1 Å². The topological polar surface area (TPSA) is 335 Å². The van der Waals surface area contributed by atoms with E-state index >= 15 is 0 Å². The first-order chi connectivity index (χ1) is 38.4. The second-order valence-electron chi connectivity index (χ2n) is 21.7. The van der Waals surface area contributed by atoms with Gasteiger partial charge in [-0.25, -0.2) is 4.79 Å². The number of nitrogens with zero attached hydrogens (tertiary/aromatic N) is 9. The number of azide groups is 3. The summed E-state index contributed by atoms with van der Waals surface area (Å²) in [7, 11) is 1.48. The van der Waals surface area contributed by atoms with Gasteiger partial charge in [-0.2, -0.15) is 9.59 Å². The van der Waals surface area contributed by atoms with Gasteiger partial charge in [-0.05, 0) is 105 Å². The molecule has 6 aliphatic rings. The van der Waals surface area contributed by atoms with Crippen LogP contribution in [0.2, 0.25) is 0 Å². The Hall–Kier alpha value is -4.81. The molecule has 26 atom stereocenters. The zero-order valence-corrected chi connectivity index (χ0v) is 47.8. The molecule has 1 aromatic rings. The molecule has 0 saturated carbocycles. The fraction of sp³-hybridized carbons (Fsp3) is 0.833. The molecule has 80 heavy (non-hydrogen) atoms. The van der Waals surface area contributed by atoms with Crippen molar-refractivity contribution >= 4 is 17.9 Å². The van der Waals surface area contributed by atoms with Crippen LogP contribution in [-0.4, -0.2) is 155 Å².